The van der Waals surface area contributed by atoms with Crippen LogP contribution in [0.4, 0.5) is 0 Å². The molecule has 0 radical (unpaired) electrons. The van der Waals surface area contributed by atoms with Gasteiger partial charge in [0.1, 0.15) is 0 Å². The molecule has 12 heavy (non-hydrogen) atoms. The third-order valence-electron chi connectivity index (χ3n) is 2.66. The summed E-state index contributed by atoms with van der Waals surface area (Å²) in [6, 6.07) is 0. The summed E-state index contributed by atoms with van der Waals surface area (Å²) in [6.45, 7) is 3.30. The van der Waals surface area contributed by atoms with E-state index in [0.717, 1.165) is 13.0 Å². The van der Waals surface area contributed by atoms with Crippen LogP contribution in [-0.4, -0.2) is 12.3 Å². The second-order valence-electron chi connectivity index (χ2n) is 3.62. The Morgan fingerprint density at radius 1 is 1.50 bits per heavy atom. The molecule has 1 aliphatic carbocycles. The van der Waals surface area contributed by atoms with Gasteiger partial charge in [0.15, 0.2) is 0 Å². The van der Waals surface area contributed by atoms with Crippen LogP contribution in [0.1, 0.15) is 26.2 Å². The van der Waals surface area contributed by atoms with Crippen LogP contribution in [0.25, 0.3) is 0 Å². The highest BCUT2D eigenvalue weighted by atomic mass is 14.8. The molecule has 0 saturated carbocycles. The zero-order valence-electron chi connectivity index (χ0n) is 7.59. The first-order valence-electron chi connectivity index (χ1n) is 4.78. The highest BCUT2D eigenvalue weighted by molar-refractivity contribution is 6.03. The van der Waals surface area contributed by atoms with E-state index in [2.05, 4.69) is 30.1 Å². The minimum Gasteiger partial charge on any atom is -0.289 e. The third-order valence-corrected chi connectivity index (χ3v) is 2.66. The summed E-state index contributed by atoms with van der Waals surface area (Å²) < 4.78 is 0. The molecule has 0 aromatic carbocycles. The van der Waals surface area contributed by atoms with Gasteiger partial charge in [-0.3, -0.25) is 4.99 Å². The summed E-state index contributed by atoms with van der Waals surface area (Å²) in [5.41, 5.74) is 2.85. The average Bonchev–Trinajstić information content (AvgIpc) is 2.47. The first kappa shape index (κ1) is 7.78. The number of aliphatic imine (C=N–C) groups is 1. The third kappa shape index (κ3) is 1.36. The van der Waals surface area contributed by atoms with E-state index in [1.165, 1.54) is 24.1 Å². The summed E-state index contributed by atoms with van der Waals surface area (Å²) in [6.07, 6.45) is 10.3. The molecule has 0 spiro atoms. The van der Waals surface area contributed by atoms with Gasteiger partial charge in [0.05, 0.1) is 0 Å². The number of rotatable bonds is 0. The smallest absolute Gasteiger partial charge is 0.0433 e. The van der Waals surface area contributed by atoms with Crippen molar-refractivity contribution in [3.63, 3.8) is 0 Å². The first-order chi connectivity index (χ1) is 5.88. The van der Waals surface area contributed by atoms with Gasteiger partial charge >= 0.3 is 0 Å². The molecule has 0 N–H and O–H groups in total. The molecule has 64 valence electrons. The van der Waals surface area contributed by atoms with Crippen molar-refractivity contribution >= 4 is 5.71 Å². The SMILES string of the molecule is CC1CC/C=C\C=C2CCN=C21. The number of hydrogen-bond acceptors (Lipinski definition) is 1. The van der Waals surface area contributed by atoms with Crippen LogP contribution >= 0.6 is 0 Å². The van der Waals surface area contributed by atoms with E-state index in [9.17, 15) is 0 Å². The molecule has 1 nitrogen and oxygen atoms in total. The molecule has 1 aliphatic heterocycles. The van der Waals surface area contributed by atoms with Crippen molar-refractivity contribution in [2.75, 3.05) is 6.54 Å². The number of allylic oxidation sites excluding steroid dienone is 3. The number of hydrogen-bond donors (Lipinski definition) is 0. The van der Waals surface area contributed by atoms with Crippen molar-refractivity contribution < 1.29 is 0 Å². The van der Waals surface area contributed by atoms with Crippen molar-refractivity contribution in [3.05, 3.63) is 23.8 Å². The standard InChI is InChI=1S/C11H15N/c1-9-5-3-2-4-6-10-7-8-12-11(9)10/h2,4,6,9H,3,5,7-8H2,1H3/b4-2-,10-6?. The Balaban J connectivity index is 2.29. The lowest BCUT2D eigenvalue weighted by Crippen LogP contribution is -2.11. The Kier molecular flexibility index (Phi) is 2.11. The molecule has 2 rings (SSSR count). The quantitative estimate of drug-likeness (QED) is 0.518. The van der Waals surface area contributed by atoms with E-state index >= 15 is 0 Å². The number of nitrogens with zero attached hydrogens (tertiary/aromatic N) is 1. The lowest BCUT2D eigenvalue weighted by Gasteiger charge is -2.13. The Bertz CT molecular complexity index is 258. The van der Waals surface area contributed by atoms with Gasteiger partial charge in [0, 0.05) is 12.3 Å². The van der Waals surface area contributed by atoms with Crippen LogP contribution in [0.5, 0.6) is 0 Å². The Morgan fingerprint density at radius 2 is 2.42 bits per heavy atom. The van der Waals surface area contributed by atoms with Crippen LogP contribution in [-0.2, 0) is 0 Å². The summed E-state index contributed by atoms with van der Waals surface area (Å²) in [5, 5.41) is 0. The van der Waals surface area contributed by atoms with Crippen molar-refractivity contribution in [3.8, 4) is 0 Å². The largest absolute Gasteiger partial charge is 0.289 e. The zero-order valence-corrected chi connectivity index (χ0v) is 7.59. The molecule has 2 aliphatic rings. The van der Waals surface area contributed by atoms with Gasteiger partial charge in [-0.25, -0.2) is 0 Å². The van der Waals surface area contributed by atoms with Gasteiger partial charge in [0.2, 0.25) is 0 Å². The summed E-state index contributed by atoms with van der Waals surface area (Å²) >= 11 is 0. The summed E-state index contributed by atoms with van der Waals surface area (Å²) in [4.78, 5) is 4.55. The predicted octanol–water partition coefficient (Wildman–Crippen LogP) is 2.74. The Labute approximate surface area is 73.9 Å². The van der Waals surface area contributed by atoms with E-state index < -0.39 is 0 Å². The van der Waals surface area contributed by atoms with Crippen molar-refractivity contribution in [1.29, 1.82) is 0 Å². The second-order valence-corrected chi connectivity index (χ2v) is 3.62. The predicted molar refractivity (Wildman–Crippen MR) is 52.5 cm³/mol. The molecule has 0 aromatic heterocycles. The lowest BCUT2D eigenvalue weighted by molar-refractivity contribution is 0.693. The topological polar surface area (TPSA) is 12.4 Å². The zero-order chi connectivity index (χ0) is 8.39. The lowest BCUT2D eigenvalue weighted by atomic mass is 9.92. The molecule has 1 atom stereocenters. The van der Waals surface area contributed by atoms with Crippen molar-refractivity contribution in [2.24, 2.45) is 10.9 Å². The van der Waals surface area contributed by atoms with Gasteiger partial charge in [-0.1, -0.05) is 25.2 Å². The minimum absolute atomic E-state index is 0.670. The van der Waals surface area contributed by atoms with Gasteiger partial charge in [-0.15, -0.1) is 0 Å². The number of fused-ring (bicyclic) bond motifs is 1. The van der Waals surface area contributed by atoms with Gasteiger partial charge in [-0.05, 0) is 30.8 Å². The molecule has 1 heterocycles. The second kappa shape index (κ2) is 3.26. The highest BCUT2D eigenvalue weighted by Gasteiger charge is 2.19. The van der Waals surface area contributed by atoms with E-state index in [-0.39, 0.29) is 0 Å². The summed E-state index contributed by atoms with van der Waals surface area (Å²) in [7, 11) is 0. The molecule has 1 heteroatoms. The van der Waals surface area contributed by atoms with Gasteiger partial charge < -0.3 is 0 Å². The fourth-order valence-electron chi connectivity index (χ4n) is 1.93. The average molecular weight is 161 g/mol. The Morgan fingerprint density at radius 3 is 3.33 bits per heavy atom. The van der Waals surface area contributed by atoms with E-state index in [0.29, 0.717) is 5.92 Å². The highest BCUT2D eigenvalue weighted by Crippen LogP contribution is 2.23. The van der Waals surface area contributed by atoms with E-state index in [1.54, 1.807) is 0 Å². The fraction of sp³-hybridized carbons (Fsp3) is 0.545. The molecule has 0 aromatic rings. The van der Waals surface area contributed by atoms with Crippen LogP contribution < -0.4 is 0 Å². The van der Waals surface area contributed by atoms with Crippen LogP contribution in [0.15, 0.2) is 28.8 Å². The minimum atomic E-state index is 0.670. The molecule has 0 bridgehead atoms. The Hall–Kier alpha value is -0.850. The van der Waals surface area contributed by atoms with Crippen LogP contribution in [0, 0.1) is 5.92 Å². The van der Waals surface area contributed by atoms with E-state index in [1.807, 2.05) is 0 Å². The van der Waals surface area contributed by atoms with Gasteiger partial charge in [-0.2, -0.15) is 0 Å². The fourth-order valence-corrected chi connectivity index (χ4v) is 1.93. The normalized spacial score (nSPS) is 31.2. The maximum atomic E-state index is 4.55. The van der Waals surface area contributed by atoms with Crippen molar-refractivity contribution in [1.82, 2.24) is 0 Å². The maximum Gasteiger partial charge on any atom is 0.0433 e. The first-order valence-corrected chi connectivity index (χ1v) is 4.78. The van der Waals surface area contributed by atoms with Gasteiger partial charge in [0.25, 0.3) is 0 Å². The molecular weight excluding hydrogens is 146 g/mol. The molecule has 0 saturated heterocycles. The molecule has 0 amide bonds. The molecule has 0 fully saturated rings. The molecule has 1 unspecified atom stereocenters. The summed E-state index contributed by atoms with van der Waals surface area (Å²) in [5.74, 6) is 0.670. The van der Waals surface area contributed by atoms with Crippen LogP contribution in [0.3, 0.4) is 0 Å². The maximum absolute atomic E-state index is 4.55. The van der Waals surface area contributed by atoms with Crippen LogP contribution in [0.2, 0.25) is 0 Å². The van der Waals surface area contributed by atoms with E-state index in [4.69, 9.17) is 0 Å². The monoisotopic (exact) mass is 161 g/mol. The molecular formula is C11H15N. The van der Waals surface area contributed by atoms with Crippen molar-refractivity contribution in [2.45, 2.75) is 26.2 Å².